The van der Waals surface area contributed by atoms with Gasteiger partial charge in [-0.1, -0.05) is 18.5 Å². The highest BCUT2D eigenvalue weighted by molar-refractivity contribution is 6.30. The standard InChI is InChI=1S/C13H16ClFN2O/c1-2-13(6-3-7-16-13)12(18)17-11-5-4-9(14)8-10(11)15/h4-5,8,16H,2-3,6-7H2,1H3,(H,17,18). The van der Waals surface area contributed by atoms with Crippen molar-refractivity contribution in [3.63, 3.8) is 0 Å². The van der Waals surface area contributed by atoms with E-state index in [-0.39, 0.29) is 11.6 Å². The third-order valence-corrected chi connectivity index (χ3v) is 3.70. The van der Waals surface area contributed by atoms with Gasteiger partial charge in [0.15, 0.2) is 0 Å². The first-order valence-corrected chi connectivity index (χ1v) is 6.47. The lowest BCUT2D eigenvalue weighted by atomic mass is 9.93. The number of anilines is 1. The first kappa shape index (κ1) is 13.3. The highest BCUT2D eigenvalue weighted by Crippen LogP contribution is 2.26. The average molecular weight is 271 g/mol. The summed E-state index contributed by atoms with van der Waals surface area (Å²) in [5, 5.41) is 6.16. The van der Waals surface area contributed by atoms with Crippen LogP contribution in [-0.4, -0.2) is 18.0 Å². The van der Waals surface area contributed by atoms with Crippen molar-refractivity contribution in [1.82, 2.24) is 5.32 Å². The molecule has 1 aromatic carbocycles. The topological polar surface area (TPSA) is 41.1 Å². The van der Waals surface area contributed by atoms with E-state index in [0.29, 0.717) is 11.4 Å². The Labute approximate surface area is 111 Å². The molecule has 3 nitrogen and oxygen atoms in total. The number of hydrogen-bond donors (Lipinski definition) is 2. The Hall–Kier alpha value is -1.13. The van der Waals surface area contributed by atoms with E-state index in [1.54, 1.807) is 6.07 Å². The lowest BCUT2D eigenvalue weighted by Crippen LogP contribution is -2.50. The number of amides is 1. The van der Waals surface area contributed by atoms with Crippen LogP contribution in [-0.2, 0) is 4.79 Å². The molecule has 5 heteroatoms. The first-order chi connectivity index (χ1) is 8.57. The van der Waals surface area contributed by atoms with E-state index in [1.165, 1.54) is 12.1 Å². The Morgan fingerprint density at radius 1 is 1.61 bits per heavy atom. The van der Waals surface area contributed by atoms with Gasteiger partial charge in [0.2, 0.25) is 5.91 Å². The van der Waals surface area contributed by atoms with Crippen LogP contribution in [0.1, 0.15) is 26.2 Å². The number of carbonyl (C=O) groups excluding carboxylic acids is 1. The molecule has 1 aliphatic heterocycles. The molecule has 1 unspecified atom stereocenters. The van der Waals surface area contributed by atoms with Gasteiger partial charge in [0.05, 0.1) is 11.2 Å². The maximum Gasteiger partial charge on any atom is 0.244 e. The molecule has 1 fully saturated rings. The molecule has 0 aromatic heterocycles. The summed E-state index contributed by atoms with van der Waals surface area (Å²) in [6.45, 7) is 2.78. The number of nitrogens with one attached hydrogen (secondary N) is 2. The zero-order valence-corrected chi connectivity index (χ0v) is 11.0. The number of rotatable bonds is 3. The predicted octanol–water partition coefficient (Wildman–Crippen LogP) is 2.95. The second-order valence-corrected chi connectivity index (χ2v) is 4.98. The summed E-state index contributed by atoms with van der Waals surface area (Å²) in [4.78, 5) is 12.2. The second kappa shape index (κ2) is 5.24. The van der Waals surface area contributed by atoms with Gasteiger partial charge < -0.3 is 10.6 Å². The number of carbonyl (C=O) groups is 1. The van der Waals surface area contributed by atoms with Gasteiger partial charge in [-0.3, -0.25) is 4.79 Å². The molecule has 0 saturated carbocycles. The molecule has 1 heterocycles. The maximum absolute atomic E-state index is 13.6. The fraction of sp³-hybridized carbons (Fsp3) is 0.462. The molecule has 18 heavy (non-hydrogen) atoms. The molecule has 2 N–H and O–H groups in total. The summed E-state index contributed by atoms with van der Waals surface area (Å²) in [7, 11) is 0. The van der Waals surface area contributed by atoms with E-state index in [2.05, 4.69) is 10.6 Å². The monoisotopic (exact) mass is 270 g/mol. The Bertz CT molecular complexity index is 458. The molecule has 0 radical (unpaired) electrons. The van der Waals surface area contributed by atoms with Crippen molar-refractivity contribution in [3.8, 4) is 0 Å². The Balaban J connectivity index is 2.15. The van der Waals surface area contributed by atoms with E-state index in [9.17, 15) is 9.18 Å². The van der Waals surface area contributed by atoms with E-state index in [0.717, 1.165) is 19.4 Å². The average Bonchev–Trinajstić information content (AvgIpc) is 2.82. The highest BCUT2D eigenvalue weighted by atomic mass is 35.5. The molecule has 0 aliphatic carbocycles. The van der Waals surface area contributed by atoms with Crippen LogP contribution in [0.4, 0.5) is 10.1 Å². The minimum absolute atomic E-state index is 0.172. The van der Waals surface area contributed by atoms with Gasteiger partial charge >= 0.3 is 0 Å². The Morgan fingerprint density at radius 3 is 2.94 bits per heavy atom. The summed E-state index contributed by atoms with van der Waals surface area (Å²) in [5.41, 5.74) is -0.391. The van der Waals surface area contributed by atoms with Gasteiger partial charge in [-0.2, -0.15) is 0 Å². The van der Waals surface area contributed by atoms with Crippen molar-refractivity contribution in [2.75, 3.05) is 11.9 Å². The van der Waals surface area contributed by atoms with Gasteiger partial charge in [0, 0.05) is 5.02 Å². The van der Waals surface area contributed by atoms with Gasteiger partial charge in [-0.15, -0.1) is 0 Å². The van der Waals surface area contributed by atoms with Crippen LogP contribution in [0.25, 0.3) is 0 Å². The predicted molar refractivity (Wildman–Crippen MR) is 70.3 cm³/mol. The molecule has 2 rings (SSSR count). The smallest absolute Gasteiger partial charge is 0.244 e. The van der Waals surface area contributed by atoms with Gasteiger partial charge in [-0.25, -0.2) is 4.39 Å². The third kappa shape index (κ3) is 2.49. The molecule has 1 amide bonds. The van der Waals surface area contributed by atoms with Crippen molar-refractivity contribution in [3.05, 3.63) is 29.0 Å². The van der Waals surface area contributed by atoms with Crippen molar-refractivity contribution >= 4 is 23.2 Å². The van der Waals surface area contributed by atoms with Gasteiger partial charge in [0.25, 0.3) is 0 Å². The second-order valence-electron chi connectivity index (χ2n) is 4.54. The number of halogens is 2. The number of benzene rings is 1. The zero-order chi connectivity index (χ0) is 13.2. The zero-order valence-electron chi connectivity index (χ0n) is 10.2. The fourth-order valence-corrected chi connectivity index (χ4v) is 2.45. The SMILES string of the molecule is CCC1(C(=O)Nc2ccc(Cl)cc2F)CCCN1. The van der Waals surface area contributed by atoms with Crippen LogP contribution < -0.4 is 10.6 Å². The van der Waals surface area contributed by atoms with Crippen LogP contribution in [0.3, 0.4) is 0 Å². The van der Waals surface area contributed by atoms with E-state index in [1.807, 2.05) is 6.92 Å². The quantitative estimate of drug-likeness (QED) is 0.887. The van der Waals surface area contributed by atoms with E-state index >= 15 is 0 Å². The minimum Gasteiger partial charge on any atom is -0.322 e. The molecule has 1 saturated heterocycles. The first-order valence-electron chi connectivity index (χ1n) is 6.09. The molecule has 1 aromatic rings. The van der Waals surface area contributed by atoms with Crippen LogP contribution in [0.15, 0.2) is 18.2 Å². The molecule has 0 spiro atoms. The largest absolute Gasteiger partial charge is 0.322 e. The van der Waals surface area contributed by atoms with Crippen LogP contribution in [0.5, 0.6) is 0 Å². The molecular weight excluding hydrogens is 255 g/mol. The van der Waals surface area contributed by atoms with Gasteiger partial charge in [0.1, 0.15) is 5.82 Å². The minimum atomic E-state index is -0.563. The van der Waals surface area contributed by atoms with Crippen LogP contribution in [0.2, 0.25) is 5.02 Å². The maximum atomic E-state index is 13.6. The Kier molecular flexibility index (Phi) is 3.88. The summed E-state index contributed by atoms with van der Waals surface area (Å²) in [5.74, 6) is -0.691. The Morgan fingerprint density at radius 2 is 2.39 bits per heavy atom. The van der Waals surface area contributed by atoms with Crippen LogP contribution >= 0.6 is 11.6 Å². The lowest BCUT2D eigenvalue weighted by molar-refractivity contribution is -0.122. The van der Waals surface area contributed by atoms with Gasteiger partial charge in [-0.05, 0) is 44.0 Å². The fourth-order valence-electron chi connectivity index (χ4n) is 2.30. The summed E-state index contributed by atoms with van der Waals surface area (Å²) in [6, 6.07) is 4.23. The highest BCUT2D eigenvalue weighted by Gasteiger charge is 2.39. The lowest BCUT2D eigenvalue weighted by Gasteiger charge is -2.26. The van der Waals surface area contributed by atoms with Crippen molar-refractivity contribution < 1.29 is 9.18 Å². The van der Waals surface area contributed by atoms with Crippen molar-refractivity contribution in [1.29, 1.82) is 0 Å². The van der Waals surface area contributed by atoms with E-state index < -0.39 is 11.4 Å². The summed E-state index contributed by atoms with van der Waals surface area (Å²) in [6.07, 6.45) is 2.43. The molecule has 98 valence electrons. The van der Waals surface area contributed by atoms with E-state index in [4.69, 9.17) is 11.6 Å². The molecule has 0 bridgehead atoms. The number of hydrogen-bond acceptors (Lipinski definition) is 2. The van der Waals surface area contributed by atoms with Crippen molar-refractivity contribution in [2.24, 2.45) is 0 Å². The normalized spacial score (nSPS) is 23.1. The van der Waals surface area contributed by atoms with Crippen LogP contribution in [0, 0.1) is 5.82 Å². The van der Waals surface area contributed by atoms with Crippen molar-refractivity contribution in [2.45, 2.75) is 31.7 Å². The molecule has 1 atom stereocenters. The summed E-state index contributed by atoms with van der Waals surface area (Å²) < 4.78 is 13.6. The molecule has 1 aliphatic rings. The summed E-state index contributed by atoms with van der Waals surface area (Å²) >= 11 is 5.67. The third-order valence-electron chi connectivity index (χ3n) is 3.46. The molecular formula is C13H16ClFN2O.